The van der Waals surface area contributed by atoms with E-state index in [-0.39, 0.29) is 12.3 Å². The first kappa shape index (κ1) is 27.8. The second kappa shape index (κ2) is 12.0. The van der Waals surface area contributed by atoms with Gasteiger partial charge in [0.1, 0.15) is 6.61 Å². The molecule has 0 bridgehead atoms. The molecular weight excluding hydrogens is 534 g/mol. The van der Waals surface area contributed by atoms with Crippen LogP contribution < -0.4 is 20.2 Å². The number of nitrogens with zero attached hydrogens (tertiary/aromatic N) is 1. The van der Waals surface area contributed by atoms with Crippen molar-refractivity contribution in [2.75, 3.05) is 12.4 Å². The average molecular weight is 554 g/mol. The summed E-state index contributed by atoms with van der Waals surface area (Å²) >= 11 is 12.1. The van der Waals surface area contributed by atoms with Crippen molar-refractivity contribution in [2.45, 2.75) is 19.7 Å². The van der Waals surface area contributed by atoms with Crippen molar-refractivity contribution in [3.05, 3.63) is 87.4 Å². The van der Waals surface area contributed by atoms with E-state index >= 15 is 0 Å². The summed E-state index contributed by atoms with van der Waals surface area (Å²) in [7, 11) is 1.46. The molecular formula is C25H20Cl2F3N3O4. The zero-order chi connectivity index (χ0) is 27.2. The number of amides is 2. The second-order valence-corrected chi connectivity index (χ2v) is 8.40. The lowest BCUT2D eigenvalue weighted by atomic mass is 10.1. The number of ether oxygens (including phenoxy) is 2. The Kier molecular flexibility index (Phi) is 9.01. The van der Waals surface area contributed by atoms with E-state index < -0.39 is 23.6 Å². The van der Waals surface area contributed by atoms with Crippen LogP contribution in [0.3, 0.4) is 0 Å². The first-order valence-corrected chi connectivity index (χ1v) is 11.3. The fourth-order valence-electron chi connectivity index (χ4n) is 2.99. The van der Waals surface area contributed by atoms with Crippen LogP contribution >= 0.6 is 23.2 Å². The zero-order valence-electron chi connectivity index (χ0n) is 19.5. The number of methoxy groups -OCH3 is 1. The Morgan fingerprint density at radius 1 is 0.946 bits per heavy atom. The van der Waals surface area contributed by atoms with E-state index in [0.717, 1.165) is 29.8 Å². The Hall–Kier alpha value is -3.76. The summed E-state index contributed by atoms with van der Waals surface area (Å²) in [5.41, 5.74) is 2.89. The smallest absolute Gasteiger partial charge is 0.416 e. The van der Waals surface area contributed by atoms with E-state index in [1.165, 1.54) is 7.11 Å². The molecule has 3 rings (SSSR count). The number of halogens is 5. The minimum atomic E-state index is -4.51. The standard InChI is InChI=1S/C25H20Cl2F3N3O4/c1-14(32-33-24(35)23(34)31-19-8-5-17(6-9-19)25(28,29)30)15-4-10-21(22(11-15)36-2)37-13-16-3-7-18(26)12-20(16)27/h3-12H,13H2,1-2H3,(H,31,34)(H,33,35). The van der Waals surface area contributed by atoms with Crippen LogP contribution in [-0.2, 0) is 22.4 Å². The van der Waals surface area contributed by atoms with Crippen LogP contribution in [0.25, 0.3) is 0 Å². The molecule has 0 saturated heterocycles. The van der Waals surface area contributed by atoms with Crippen LogP contribution in [0.5, 0.6) is 11.5 Å². The third-order valence-corrected chi connectivity index (χ3v) is 5.57. The van der Waals surface area contributed by atoms with E-state index in [4.69, 9.17) is 32.7 Å². The zero-order valence-corrected chi connectivity index (χ0v) is 21.0. The lowest BCUT2D eigenvalue weighted by Crippen LogP contribution is -2.33. The van der Waals surface area contributed by atoms with Crippen LogP contribution in [0.4, 0.5) is 18.9 Å². The molecule has 0 saturated carbocycles. The first-order chi connectivity index (χ1) is 17.5. The van der Waals surface area contributed by atoms with Crippen LogP contribution in [-0.4, -0.2) is 24.6 Å². The summed E-state index contributed by atoms with van der Waals surface area (Å²) in [5.74, 6) is -1.38. The number of nitrogens with one attached hydrogen (secondary N) is 2. The first-order valence-electron chi connectivity index (χ1n) is 10.6. The molecule has 0 fully saturated rings. The minimum absolute atomic E-state index is 0.0223. The van der Waals surface area contributed by atoms with Gasteiger partial charge in [0.25, 0.3) is 0 Å². The predicted molar refractivity (Wildman–Crippen MR) is 134 cm³/mol. The second-order valence-electron chi connectivity index (χ2n) is 7.56. The van der Waals surface area contributed by atoms with E-state index in [0.29, 0.717) is 32.8 Å². The van der Waals surface area contributed by atoms with E-state index in [1.54, 1.807) is 43.3 Å². The van der Waals surface area contributed by atoms with Crippen molar-refractivity contribution in [2.24, 2.45) is 5.10 Å². The summed E-state index contributed by atoms with van der Waals surface area (Å²) in [4.78, 5) is 24.1. The highest BCUT2D eigenvalue weighted by Crippen LogP contribution is 2.31. The molecule has 2 amide bonds. The van der Waals surface area contributed by atoms with Gasteiger partial charge >= 0.3 is 18.0 Å². The number of hydrogen-bond acceptors (Lipinski definition) is 5. The number of carbonyl (C=O) groups excluding carboxylic acids is 2. The fraction of sp³-hybridized carbons (Fsp3) is 0.160. The SMILES string of the molecule is COc1cc(C(C)=NNC(=O)C(=O)Nc2ccc(C(F)(F)F)cc2)ccc1OCc1ccc(Cl)cc1Cl. The summed E-state index contributed by atoms with van der Waals surface area (Å²) < 4.78 is 49.1. The van der Waals surface area contributed by atoms with Crippen molar-refractivity contribution in [1.29, 1.82) is 0 Å². The molecule has 2 N–H and O–H groups in total. The molecule has 7 nitrogen and oxygen atoms in total. The van der Waals surface area contributed by atoms with Crippen LogP contribution in [0.2, 0.25) is 10.0 Å². The number of anilines is 1. The number of hydrogen-bond donors (Lipinski definition) is 2. The van der Waals surface area contributed by atoms with Gasteiger partial charge in [0, 0.05) is 26.9 Å². The van der Waals surface area contributed by atoms with Gasteiger partial charge in [-0.05, 0) is 61.5 Å². The predicted octanol–water partition coefficient (Wildman–Crippen LogP) is 6.08. The molecule has 0 atom stereocenters. The largest absolute Gasteiger partial charge is 0.493 e. The maximum atomic E-state index is 12.6. The van der Waals surface area contributed by atoms with E-state index in [1.807, 2.05) is 0 Å². The minimum Gasteiger partial charge on any atom is -0.493 e. The Morgan fingerprint density at radius 2 is 1.65 bits per heavy atom. The van der Waals surface area contributed by atoms with Gasteiger partial charge in [0.2, 0.25) is 0 Å². The summed E-state index contributed by atoms with van der Waals surface area (Å²) in [6.45, 7) is 1.76. The fourth-order valence-corrected chi connectivity index (χ4v) is 3.45. The number of rotatable bonds is 7. The van der Waals surface area contributed by atoms with Crippen molar-refractivity contribution in [1.82, 2.24) is 5.43 Å². The monoisotopic (exact) mass is 553 g/mol. The molecule has 0 unspecified atom stereocenters. The molecule has 194 valence electrons. The quantitative estimate of drug-likeness (QED) is 0.211. The number of carbonyl (C=O) groups is 2. The normalized spacial score (nSPS) is 11.6. The van der Waals surface area contributed by atoms with Crippen LogP contribution in [0.1, 0.15) is 23.6 Å². The maximum Gasteiger partial charge on any atom is 0.416 e. The third-order valence-electron chi connectivity index (χ3n) is 4.98. The summed E-state index contributed by atoms with van der Waals surface area (Å²) in [6.07, 6.45) is -4.51. The molecule has 0 aliphatic heterocycles. The van der Waals surface area contributed by atoms with Gasteiger partial charge in [0.05, 0.1) is 18.4 Å². The Labute approximate surface area is 220 Å². The topological polar surface area (TPSA) is 89.0 Å². The van der Waals surface area contributed by atoms with E-state index in [9.17, 15) is 22.8 Å². The van der Waals surface area contributed by atoms with Crippen molar-refractivity contribution >= 4 is 46.4 Å². The van der Waals surface area contributed by atoms with Gasteiger partial charge in [-0.2, -0.15) is 18.3 Å². The third kappa shape index (κ3) is 7.61. The number of benzene rings is 3. The van der Waals surface area contributed by atoms with Gasteiger partial charge in [0.15, 0.2) is 11.5 Å². The highest BCUT2D eigenvalue weighted by atomic mass is 35.5. The van der Waals surface area contributed by atoms with Crippen molar-refractivity contribution in [3.63, 3.8) is 0 Å². The lowest BCUT2D eigenvalue weighted by Gasteiger charge is -2.13. The van der Waals surface area contributed by atoms with Gasteiger partial charge in [-0.3, -0.25) is 9.59 Å². The molecule has 0 radical (unpaired) electrons. The summed E-state index contributed by atoms with van der Waals surface area (Å²) in [5, 5.41) is 7.08. The van der Waals surface area contributed by atoms with E-state index in [2.05, 4.69) is 15.8 Å². The van der Waals surface area contributed by atoms with Gasteiger partial charge in [-0.1, -0.05) is 29.3 Å². The maximum absolute atomic E-state index is 12.6. The molecule has 0 aliphatic carbocycles. The molecule has 37 heavy (non-hydrogen) atoms. The molecule has 0 heterocycles. The van der Waals surface area contributed by atoms with Crippen LogP contribution in [0.15, 0.2) is 65.8 Å². The Bertz CT molecular complexity index is 1330. The Morgan fingerprint density at radius 3 is 2.27 bits per heavy atom. The molecule has 3 aromatic carbocycles. The lowest BCUT2D eigenvalue weighted by molar-refractivity contribution is -0.137. The average Bonchev–Trinajstić information content (AvgIpc) is 2.86. The number of hydrazone groups is 1. The van der Waals surface area contributed by atoms with Crippen molar-refractivity contribution < 1.29 is 32.2 Å². The molecule has 0 aliphatic rings. The molecule has 0 spiro atoms. The molecule has 3 aromatic rings. The molecule has 12 heteroatoms. The number of alkyl halides is 3. The highest BCUT2D eigenvalue weighted by Gasteiger charge is 2.30. The van der Waals surface area contributed by atoms with Gasteiger partial charge in [-0.15, -0.1) is 0 Å². The van der Waals surface area contributed by atoms with Gasteiger partial charge < -0.3 is 14.8 Å². The van der Waals surface area contributed by atoms with Gasteiger partial charge in [-0.25, -0.2) is 5.43 Å². The Balaban J connectivity index is 1.61. The highest BCUT2D eigenvalue weighted by molar-refractivity contribution is 6.39. The molecule has 0 aromatic heterocycles. The summed E-state index contributed by atoms with van der Waals surface area (Å²) in [6, 6.07) is 13.7. The van der Waals surface area contributed by atoms with Crippen LogP contribution in [0, 0.1) is 0 Å². The van der Waals surface area contributed by atoms with Crippen molar-refractivity contribution in [3.8, 4) is 11.5 Å².